The molecule has 0 heterocycles. The molecular weight excluding hydrogens is 495 g/mol. The molecule has 62 valence electrons. The van der Waals surface area contributed by atoms with Gasteiger partial charge in [0.2, 0.25) is 0 Å². The number of rotatable bonds is 0. The third kappa shape index (κ3) is 1.95. The second-order valence-corrected chi connectivity index (χ2v) is 5.39. The van der Waals surface area contributed by atoms with Crippen molar-refractivity contribution in [3.8, 4) is 11.8 Å². The number of hydrogen-bond donors (Lipinski definition) is 1. The van der Waals surface area contributed by atoms with E-state index in [2.05, 4.69) is 28.7 Å². The Morgan fingerprint density at radius 1 is 1.25 bits per heavy atom. The smallest absolute Gasteiger partial charge is 0.143 e. The molecule has 5 heteroatoms. The van der Waals surface area contributed by atoms with Crippen LogP contribution in [0, 0.1) is 22.0 Å². The van der Waals surface area contributed by atoms with Crippen LogP contribution in [0.3, 0.4) is 0 Å². The fourth-order valence-corrected chi connectivity index (χ4v) is 4.29. The van der Waals surface area contributed by atoms with Gasteiger partial charge in [-0.1, -0.05) is 0 Å². The highest BCUT2D eigenvalue weighted by Gasteiger charge is 2.12. The molecule has 2 nitrogen and oxygen atoms in total. The summed E-state index contributed by atoms with van der Waals surface area (Å²) in [6.07, 6.45) is 0. The van der Waals surface area contributed by atoms with Gasteiger partial charge in [-0.3, -0.25) is 0 Å². The number of phenols is 1. The molecule has 0 aromatic heterocycles. The largest absolute Gasteiger partial charge is 0.506 e. The van der Waals surface area contributed by atoms with E-state index in [0.29, 0.717) is 9.13 Å². The number of nitriles is 1. The zero-order valence-electron chi connectivity index (χ0n) is 5.61. The van der Waals surface area contributed by atoms with E-state index < -0.39 is 0 Å². The summed E-state index contributed by atoms with van der Waals surface area (Å²) in [4.78, 5) is 0. The lowest BCUT2D eigenvalue weighted by Gasteiger charge is -2.03. The summed E-state index contributed by atoms with van der Waals surface area (Å²) < 4.78 is 2.29. The van der Waals surface area contributed by atoms with Gasteiger partial charge in [0.15, 0.2) is 0 Å². The maximum absolute atomic E-state index is 9.47. The van der Waals surface area contributed by atoms with E-state index in [-0.39, 0.29) is 5.75 Å². The Morgan fingerprint density at radius 3 is 2.33 bits per heavy atom. The van der Waals surface area contributed by atoms with Crippen LogP contribution in [0.1, 0.15) is 5.56 Å². The van der Waals surface area contributed by atoms with Gasteiger partial charge in [-0.05, 0) is 73.8 Å². The Hall–Kier alpha value is 0.700. The molecule has 0 saturated heterocycles. The van der Waals surface area contributed by atoms with Crippen molar-refractivity contribution in [1.82, 2.24) is 0 Å². The van der Waals surface area contributed by atoms with Crippen LogP contribution in [0.2, 0.25) is 0 Å². The first-order valence-electron chi connectivity index (χ1n) is 2.84. The molecule has 0 aliphatic heterocycles. The summed E-state index contributed by atoms with van der Waals surface area (Å²) in [5.41, 5.74) is 0.550. The van der Waals surface area contributed by atoms with Gasteiger partial charge in [-0.15, -0.1) is 0 Å². The van der Waals surface area contributed by atoms with Crippen molar-refractivity contribution in [2.24, 2.45) is 0 Å². The van der Waals surface area contributed by atoms with Gasteiger partial charge in [-0.25, -0.2) is 0 Å². The minimum absolute atomic E-state index is 0.202. The molecule has 0 amide bonds. The molecule has 0 spiro atoms. The van der Waals surface area contributed by atoms with Gasteiger partial charge < -0.3 is 5.11 Å². The highest BCUT2D eigenvalue weighted by Crippen LogP contribution is 2.31. The molecule has 0 saturated carbocycles. The number of benzene rings is 1. The van der Waals surface area contributed by atoms with Gasteiger partial charge in [0.1, 0.15) is 11.8 Å². The maximum atomic E-state index is 9.47. The fraction of sp³-hybridized carbons (Fsp3) is 0. The molecule has 1 N–H and O–H groups in total. The van der Waals surface area contributed by atoms with Crippen molar-refractivity contribution in [1.29, 1.82) is 5.26 Å². The molecule has 1 aromatic carbocycles. The maximum Gasteiger partial charge on any atom is 0.143 e. The van der Waals surface area contributed by atoms with Crippen LogP contribution in [0.5, 0.6) is 5.75 Å². The van der Waals surface area contributed by atoms with Crippen LogP contribution < -0.4 is 0 Å². The number of aromatic hydroxyl groups is 1. The quantitative estimate of drug-likeness (QED) is 0.561. The molecule has 1 aromatic rings. The summed E-state index contributed by atoms with van der Waals surface area (Å²) in [5.74, 6) is 0.202. The van der Waals surface area contributed by atoms with Crippen molar-refractivity contribution in [3.63, 3.8) is 0 Å². The Kier molecular flexibility index (Phi) is 3.84. The average molecular weight is 497 g/mol. The summed E-state index contributed by atoms with van der Waals surface area (Å²) in [5, 5.41) is 18.2. The van der Waals surface area contributed by atoms with Crippen LogP contribution in [-0.2, 0) is 0 Å². The molecule has 0 fully saturated rings. The highest BCUT2D eigenvalue weighted by molar-refractivity contribution is 14.1. The molecule has 0 aliphatic carbocycles. The van der Waals surface area contributed by atoms with E-state index in [9.17, 15) is 5.11 Å². The molecule has 12 heavy (non-hydrogen) atoms. The number of nitrogens with zero attached hydrogens (tertiary/aromatic N) is 1. The number of hydrogen-bond acceptors (Lipinski definition) is 2. The zero-order valence-corrected chi connectivity index (χ0v) is 12.1. The van der Waals surface area contributed by atoms with Gasteiger partial charge in [0.05, 0.1) is 12.7 Å². The first kappa shape index (κ1) is 10.8. The lowest BCUT2D eigenvalue weighted by atomic mass is 10.2. The topological polar surface area (TPSA) is 44.0 Å². The van der Waals surface area contributed by atoms with Gasteiger partial charge >= 0.3 is 0 Å². The minimum Gasteiger partial charge on any atom is -0.506 e. The van der Waals surface area contributed by atoms with Crippen LogP contribution in [0.25, 0.3) is 0 Å². The van der Waals surface area contributed by atoms with Crippen LogP contribution >= 0.6 is 67.8 Å². The average Bonchev–Trinajstić information content (AvgIpc) is 2.01. The van der Waals surface area contributed by atoms with Crippen LogP contribution in [-0.4, -0.2) is 5.11 Å². The predicted molar refractivity (Wildman–Crippen MR) is 71.0 cm³/mol. The molecule has 0 unspecified atom stereocenters. The monoisotopic (exact) mass is 497 g/mol. The van der Waals surface area contributed by atoms with Gasteiger partial charge in [-0.2, -0.15) is 5.26 Å². The van der Waals surface area contributed by atoms with Crippen molar-refractivity contribution >= 4 is 67.8 Å². The molecule has 0 radical (unpaired) electrons. The van der Waals surface area contributed by atoms with E-state index in [4.69, 9.17) is 5.26 Å². The lowest BCUT2D eigenvalue weighted by Crippen LogP contribution is -1.90. The second kappa shape index (κ2) is 4.28. The van der Waals surface area contributed by atoms with E-state index in [1.54, 1.807) is 6.07 Å². The Morgan fingerprint density at radius 2 is 1.83 bits per heavy atom. The lowest BCUT2D eigenvalue weighted by molar-refractivity contribution is 0.467. The third-order valence-electron chi connectivity index (χ3n) is 1.26. The molecule has 0 aliphatic rings. The fourth-order valence-electron chi connectivity index (χ4n) is 0.682. The molecule has 1 rings (SSSR count). The molecule has 0 atom stereocenters. The zero-order chi connectivity index (χ0) is 9.30. The van der Waals surface area contributed by atoms with E-state index >= 15 is 0 Å². The Balaban J connectivity index is 3.54. The summed E-state index contributed by atoms with van der Waals surface area (Å²) in [6, 6.07) is 3.84. The Bertz CT molecular complexity index is 370. The highest BCUT2D eigenvalue weighted by atomic mass is 127. The Labute approximate surface area is 111 Å². The first-order valence-corrected chi connectivity index (χ1v) is 6.08. The van der Waals surface area contributed by atoms with E-state index in [1.807, 2.05) is 45.2 Å². The standard InChI is InChI=1S/C7H2I3NO/c8-4-1-5(9)7(12)6(10)3(4)2-11/h1,12H. The van der Waals surface area contributed by atoms with Crippen molar-refractivity contribution in [2.75, 3.05) is 0 Å². The first-order chi connectivity index (χ1) is 5.57. The van der Waals surface area contributed by atoms with E-state index in [0.717, 1.165) is 7.14 Å². The van der Waals surface area contributed by atoms with Gasteiger partial charge in [0, 0.05) is 3.57 Å². The normalized spacial score (nSPS) is 9.50. The van der Waals surface area contributed by atoms with Crippen molar-refractivity contribution < 1.29 is 5.11 Å². The minimum atomic E-state index is 0.202. The summed E-state index contributed by atoms with van der Waals surface area (Å²) in [6.45, 7) is 0. The van der Waals surface area contributed by atoms with E-state index in [1.165, 1.54) is 0 Å². The van der Waals surface area contributed by atoms with Crippen molar-refractivity contribution in [2.45, 2.75) is 0 Å². The van der Waals surface area contributed by atoms with Gasteiger partial charge in [0.25, 0.3) is 0 Å². The number of phenolic OH excluding ortho intramolecular Hbond substituents is 1. The van der Waals surface area contributed by atoms with Crippen molar-refractivity contribution in [3.05, 3.63) is 22.3 Å². The SMILES string of the molecule is N#Cc1c(I)cc(I)c(O)c1I. The second-order valence-electron chi connectivity index (χ2n) is 1.99. The molecule has 0 bridgehead atoms. The summed E-state index contributed by atoms with van der Waals surface area (Å²) in [7, 11) is 0. The van der Waals surface area contributed by atoms with Crippen LogP contribution in [0.4, 0.5) is 0 Å². The number of halogens is 3. The third-order valence-corrected chi connectivity index (χ3v) is 3.98. The predicted octanol–water partition coefficient (Wildman–Crippen LogP) is 3.08. The van der Waals surface area contributed by atoms with Crippen LogP contribution in [0.15, 0.2) is 6.07 Å². The molecular formula is C7H2I3NO. The summed E-state index contributed by atoms with van der Waals surface area (Å²) >= 11 is 6.10.